The van der Waals surface area contributed by atoms with Crippen molar-refractivity contribution in [1.29, 1.82) is 0 Å². The molecular formula is C11H14N4O. The standard InChI is InChI=1S/C11H14N4O/c1-8(10-4-3-5-12-6-10)13-7-11-14-9(2)16-15-11/h3-6,8,13H,7H2,1-2H3/t8-/m0/s1. The third-order valence-corrected chi connectivity index (χ3v) is 2.32. The first-order chi connectivity index (χ1) is 7.75. The molecule has 0 spiro atoms. The van der Waals surface area contributed by atoms with Crippen molar-refractivity contribution in [3.05, 3.63) is 41.8 Å². The Balaban J connectivity index is 1.91. The van der Waals surface area contributed by atoms with Gasteiger partial charge in [-0.25, -0.2) is 0 Å². The average Bonchev–Trinajstić information content (AvgIpc) is 2.73. The Morgan fingerprint density at radius 1 is 1.50 bits per heavy atom. The first-order valence-corrected chi connectivity index (χ1v) is 5.18. The van der Waals surface area contributed by atoms with E-state index in [0.717, 1.165) is 5.56 Å². The molecule has 0 aliphatic heterocycles. The fourth-order valence-corrected chi connectivity index (χ4v) is 1.41. The highest BCUT2D eigenvalue weighted by Crippen LogP contribution is 2.10. The third kappa shape index (κ3) is 2.64. The Morgan fingerprint density at radius 2 is 2.38 bits per heavy atom. The van der Waals surface area contributed by atoms with E-state index in [4.69, 9.17) is 4.52 Å². The van der Waals surface area contributed by atoms with Crippen molar-refractivity contribution in [1.82, 2.24) is 20.4 Å². The van der Waals surface area contributed by atoms with Crippen LogP contribution in [0.25, 0.3) is 0 Å². The molecule has 2 heterocycles. The Morgan fingerprint density at radius 3 is 3.00 bits per heavy atom. The summed E-state index contributed by atoms with van der Waals surface area (Å²) in [4.78, 5) is 8.20. The summed E-state index contributed by atoms with van der Waals surface area (Å²) in [5.74, 6) is 1.26. The minimum absolute atomic E-state index is 0.215. The van der Waals surface area contributed by atoms with Crippen molar-refractivity contribution in [2.45, 2.75) is 26.4 Å². The number of aryl methyl sites for hydroxylation is 1. The summed E-state index contributed by atoms with van der Waals surface area (Å²) >= 11 is 0. The number of pyridine rings is 1. The highest BCUT2D eigenvalue weighted by molar-refractivity contribution is 5.12. The first kappa shape index (κ1) is 10.8. The lowest BCUT2D eigenvalue weighted by molar-refractivity contribution is 0.384. The monoisotopic (exact) mass is 218 g/mol. The molecule has 2 aromatic heterocycles. The minimum atomic E-state index is 0.215. The molecule has 84 valence electrons. The molecule has 0 bridgehead atoms. The lowest BCUT2D eigenvalue weighted by Gasteiger charge is -2.11. The van der Waals surface area contributed by atoms with Gasteiger partial charge in [0.2, 0.25) is 5.89 Å². The van der Waals surface area contributed by atoms with Crippen LogP contribution in [0.2, 0.25) is 0 Å². The average molecular weight is 218 g/mol. The van der Waals surface area contributed by atoms with Gasteiger partial charge in [-0.1, -0.05) is 11.2 Å². The van der Waals surface area contributed by atoms with Crippen LogP contribution in [-0.4, -0.2) is 15.1 Å². The molecule has 1 atom stereocenters. The zero-order valence-corrected chi connectivity index (χ0v) is 9.34. The van der Waals surface area contributed by atoms with E-state index in [1.165, 1.54) is 0 Å². The summed E-state index contributed by atoms with van der Waals surface area (Å²) in [6.45, 7) is 4.44. The molecule has 0 aliphatic rings. The van der Waals surface area contributed by atoms with E-state index in [1.54, 1.807) is 13.1 Å². The van der Waals surface area contributed by atoms with Crippen molar-refractivity contribution in [3.8, 4) is 0 Å². The topological polar surface area (TPSA) is 63.8 Å². The minimum Gasteiger partial charge on any atom is -0.340 e. The highest BCUT2D eigenvalue weighted by Gasteiger charge is 2.07. The van der Waals surface area contributed by atoms with Crippen molar-refractivity contribution >= 4 is 0 Å². The second-order valence-corrected chi connectivity index (χ2v) is 3.62. The maximum Gasteiger partial charge on any atom is 0.223 e. The highest BCUT2D eigenvalue weighted by atomic mass is 16.5. The zero-order chi connectivity index (χ0) is 11.4. The summed E-state index contributed by atoms with van der Waals surface area (Å²) in [7, 11) is 0. The van der Waals surface area contributed by atoms with E-state index in [2.05, 4.69) is 27.4 Å². The van der Waals surface area contributed by atoms with Gasteiger partial charge in [-0.15, -0.1) is 0 Å². The van der Waals surface area contributed by atoms with Gasteiger partial charge in [0.1, 0.15) is 0 Å². The SMILES string of the molecule is Cc1nc(CN[C@@H](C)c2cccnc2)no1. The summed E-state index contributed by atoms with van der Waals surface area (Å²) in [5.41, 5.74) is 1.14. The predicted molar refractivity (Wildman–Crippen MR) is 58.5 cm³/mol. The maximum atomic E-state index is 4.89. The number of rotatable bonds is 4. The molecule has 5 nitrogen and oxygen atoms in total. The van der Waals surface area contributed by atoms with Gasteiger partial charge in [0.15, 0.2) is 5.82 Å². The van der Waals surface area contributed by atoms with Crippen LogP contribution < -0.4 is 5.32 Å². The van der Waals surface area contributed by atoms with E-state index in [9.17, 15) is 0 Å². The number of hydrogen-bond donors (Lipinski definition) is 1. The molecule has 2 aromatic rings. The van der Waals surface area contributed by atoms with Crippen molar-refractivity contribution in [2.24, 2.45) is 0 Å². The van der Waals surface area contributed by atoms with Gasteiger partial charge in [-0.2, -0.15) is 4.98 Å². The molecule has 0 fully saturated rings. The summed E-state index contributed by atoms with van der Waals surface area (Å²) in [6.07, 6.45) is 3.61. The van der Waals surface area contributed by atoms with Crippen molar-refractivity contribution in [3.63, 3.8) is 0 Å². The molecule has 2 rings (SSSR count). The maximum absolute atomic E-state index is 4.89. The smallest absolute Gasteiger partial charge is 0.223 e. The quantitative estimate of drug-likeness (QED) is 0.844. The Labute approximate surface area is 93.9 Å². The van der Waals surface area contributed by atoms with Crippen molar-refractivity contribution < 1.29 is 4.52 Å². The van der Waals surface area contributed by atoms with Gasteiger partial charge in [-0.3, -0.25) is 4.98 Å². The van der Waals surface area contributed by atoms with Crippen LogP contribution >= 0.6 is 0 Å². The fourth-order valence-electron chi connectivity index (χ4n) is 1.41. The predicted octanol–water partition coefficient (Wildman–Crippen LogP) is 1.62. The van der Waals surface area contributed by atoms with E-state index in [-0.39, 0.29) is 6.04 Å². The van der Waals surface area contributed by atoms with Crippen LogP contribution in [0.5, 0.6) is 0 Å². The molecule has 5 heteroatoms. The van der Waals surface area contributed by atoms with Gasteiger partial charge in [0.25, 0.3) is 0 Å². The van der Waals surface area contributed by atoms with Crippen LogP contribution in [0, 0.1) is 6.92 Å². The molecule has 0 saturated heterocycles. The molecule has 16 heavy (non-hydrogen) atoms. The van der Waals surface area contributed by atoms with E-state index < -0.39 is 0 Å². The second-order valence-electron chi connectivity index (χ2n) is 3.62. The largest absolute Gasteiger partial charge is 0.340 e. The summed E-state index contributed by atoms with van der Waals surface area (Å²) < 4.78 is 4.89. The lowest BCUT2D eigenvalue weighted by Crippen LogP contribution is -2.18. The molecule has 0 unspecified atom stereocenters. The number of aromatic nitrogens is 3. The molecule has 0 amide bonds. The first-order valence-electron chi connectivity index (χ1n) is 5.18. The normalized spacial score (nSPS) is 12.6. The van der Waals surface area contributed by atoms with E-state index >= 15 is 0 Å². The molecular weight excluding hydrogens is 204 g/mol. The van der Waals surface area contributed by atoms with Crippen LogP contribution in [0.1, 0.15) is 30.2 Å². The summed E-state index contributed by atoms with van der Waals surface area (Å²) in [6, 6.07) is 4.17. The fraction of sp³-hybridized carbons (Fsp3) is 0.364. The molecule has 0 aliphatic carbocycles. The van der Waals surface area contributed by atoms with Gasteiger partial charge in [0, 0.05) is 25.4 Å². The zero-order valence-electron chi connectivity index (χ0n) is 9.34. The second kappa shape index (κ2) is 4.85. The molecule has 0 aromatic carbocycles. The van der Waals surface area contributed by atoms with E-state index in [0.29, 0.717) is 18.3 Å². The van der Waals surface area contributed by atoms with Gasteiger partial charge in [0.05, 0.1) is 6.54 Å². The van der Waals surface area contributed by atoms with Gasteiger partial charge < -0.3 is 9.84 Å². The molecule has 1 N–H and O–H groups in total. The third-order valence-electron chi connectivity index (χ3n) is 2.32. The van der Waals surface area contributed by atoms with Gasteiger partial charge >= 0.3 is 0 Å². The Hall–Kier alpha value is -1.75. The van der Waals surface area contributed by atoms with E-state index in [1.807, 2.05) is 18.3 Å². The van der Waals surface area contributed by atoms with Gasteiger partial charge in [-0.05, 0) is 18.6 Å². The number of nitrogens with one attached hydrogen (secondary N) is 1. The molecule has 0 saturated carbocycles. The van der Waals surface area contributed by atoms with Crippen LogP contribution in [-0.2, 0) is 6.54 Å². The Kier molecular flexibility index (Phi) is 3.26. The van der Waals surface area contributed by atoms with Crippen molar-refractivity contribution in [2.75, 3.05) is 0 Å². The Bertz CT molecular complexity index is 440. The number of nitrogens with zero attached hydrogens (tertiary/aromatic N) is 3. The van der Waals surface area contributed by atoms with Crippen LogP contribution in [0.3, 0.4) is 0 Å². The molecule has 0 radical (unpaired) electrons. The number of hydrogen-bond acceptors (Lipinski definition) is 5. The summed E-state index contributed by atoms with van der Waals surface area (Å²) in [5, 5.41) is 7.12. The lowest BCUT2D eigenvalue weighted by atomic mass is 10.1. The van der Waals surface area contributed by atoms with Crippen LogP contribution in [0.4, 0.5) is 0 Å². The van der Waals surface area contributed by atoms with Crippen LogP contribution in [0.15, 0.2) is 29.0 Å².